The van der Waals surface area contributed by atoms with Crippen molar-refractivity contribution in [2.45, 2.75) is 57.6 Å². The van der Waals surface area contributed by atoms with Crippen LogP contribution in [0.2, 0.25) is 0 Å². The van der Waals surface area contributed by atoms with E-state index in [1.165, 1.54) is 0 Å². The molecule has 3 nitrogen and oxygen atoms in total. The van der Waals surface area contributed by atoms with Crippen molar-refractivity contribution < 1.29 is 9.53 Å². The molecule has 1 N–H and O–H groups in total. The zero-order valence-corrected chi connectivity index (χ0v) is 13.9. The molecule has 2 rings (SSSR count). The SMILES string of the molecule is CC(S)N[C@H]1C[C@H](Oc2ccc(CC(=O)C(C)C)cc2)C1. The average Bonchev–Trinajstić information content (AvgIpc) is 2.37. The molecule has 0 aromatic heterocycles. The number of hydrogen-bond acceptors (Lipinski definition) is 4. The Kier molecular flexibility index (Phi) is 5.71. The standard InChI is InChI=1S/C17H25NO2S/c1-11(2)17(19)8-13-4-6-15(7-5-13)20-16-9-14(10-16)18-12(3)21/h4-7,11-12,14,16,18,21H,8-10H2,1-3H3/t12?,14-,16-. The summed E-state index contributed by atoms with van der Waals surface area (Å²) in [6.07, 6.45) is 2.85. The fourth-order valence-electron chi connectivity index (χ4n) is 2.42. The Labute approximate surface area is 132 Å². The first-order valence-electron chi connectivity index (χ1n) is 7.66. The Balaban J connectivity index is 1.77. The third-order valence-electron chi connectivity index (χ3n) is 3.82. The molecule has 21 heavy (non-hydrogen) atoms. The highest BCUT2D eigenvalue weighted by atomic mass is 32.1. The smallest absolute Gasteiger partial charge is 0.139 e. The van der Waals surface area contributed by atoms with Crippen molar-refractivity contribution in [3.63, 3.8) is 0 Å². The van der Waals surface area contributed by atoms with Crippen molar-refractivity contribution in [2.75, 3.05) is 0 Å². The van der Waals surface area contributed by atoms with E-state index >= 15 is 0 Å². The topological polar surface area (TPSA) is 38.3 Å². The minimum absolute atomic E-state index is 0.0922. The first-order chi connectivity index (χ1) is 9.94. The molecule has 0 bridgehead atoms. The summed E-state index contributed by atoms with van der Waals surface area (Å²) in [7, 11) is 0. The van der Waals surface area contributed by atoms with Crippen molar-refractivity contribution in [3.05, 3.63) is 29.8 Å². The van der Waals surface area contributed by atoms with Gasteiger partial charge in [-0.25, -0.2) is 0 Å². The molecule has 1 aliphatic carbocycles. The van der Waals surface area contributed by atoms with Gasteiger partial charge in [-0.15, -0.1) is 0 Å². The number of nitrogens with one attached hydrogen (secondary N) is 1. The van der Waals surface area contributed by atoms with Crippen molar-refractivity contribution in [1.29, 1.82) is 0 Å². The second kappa shape index (κ2) is 7.32. The lowest BCUT2D eigenvalue weighted by molar-refractivity contribution is -0.121. The van der Waals surface area contributed by atoms with Gasteiger partial charge in [0.05, 0.1) is 0 Å². The molecule has 1 fully saturated rings. The second-order valence-corrected chi connectivity index (χ2v) is 6.97. The van der Waals surface area contributed by atoms with Crippen molar-refractivity contribution in [2.24, 2.45) is 5.92 Å². The number of hydrogen-bond donors (Lipinski definition) is 2. The van der Waals surface area contributed by atoms with Crippen LogP contribution in [-0.2, 0) is 11.2 Å². The number of carbonyl (C=O) groups excluding carboxylic acids is 1. The highest BCUT2D eigenvalue weighted by Gasteiger charge is 2.31. The first-order valence-corrected chi connectivity index (χ1v) is 8.18. The zero-order chi connectivity index (χ0) is 15.4. The highest BCUT2D eigenvalue weighted by Crippen LogP contribution is 2.26. The van der Waals surface area contributed by atoms with Crippen LogP contribution in [0.1, 0.15) is 39.2 Å². The monoisotopic (exact) mass is 307 g/mol. The molecule has 116 valence electrons. The summed E-state index contributed by atoms with van der Waals surface area (Å²) < 4.78 is 5.92. The van der Waals surface area contributed by atoms with E-state index in [2.05, 4.69) is 17.9 Å². The molecule has 0 saturated heterocycles. The number of ketones is 1. The number of ether oxygens (including phenoxy) is 1. The van der Waals surface area contributed by atoms with Gasteiger partial charge in [0, 0.05) is 23.8 Å². The van der Waals surface area contributed by atoms with Crippen LogP contribution < -0.4 is 10.1 Å². The molecule has 0 radical (unpaired) electrons. The van der Waals surface area contributed by atoms with Crippen molar-refractivity contribution in [3.8, 4) is 5.75 Å². The van der Waals surface area contributed by atoms with Crippen molar-refractivity contribution >= 4 is 18.4 Å². The fraction of sp³-hybridized carbons (Fsp3) is 0.588. The Bertz CT molecular complexity index is 464. The van der Waals surface area contributed by atoms with Gasteiger partial charge >= 0.3 is 0 Å². The van der Waals surface area contributed by atoms with Crippen molar-refractivity contribution in [1.82, 2.24) is 5.32 Å². The van der Waals surface area contributed by atoms with E-state index in [9.17, 15) is 4.79 Å². The molecule has 0 spiro atoms. The number of rotatable bonds is 7. The van der Waals surface area contributed by atoms with Crippen LogP contribution in [0.15, 0.2) is 24.3 Å². The maximum absolute atomic E-state index is 11.7. The molecule has 0 aliphatic heterocycles. The Morgan fingerprint density at radius 2 is 1.90 bits per heavy atom. The van der Waals surface area contributed by atoms with Gasteiger partial charge in [0.15, 0.2) is 0 Å². The molecule has 0 amide bonds. The molecule has 0 heterocycles. The average molecular weight is 307 g/mol. The lowest BCUT2D eigenvalue weighted by Gasteiger charge is -2.36. The third kappa shape index (κ3) is 5.04. The largest absolute Gasteiger partial charge is 0.490 e. The number of benzene rings is 1. The van der Waals surface area contributed by atoms with Gasteiger partial charge in [-0.2, -0.15) is 12.6 Å². The molecular formula is C17H25NO2S. The van der Waals surface area contributed by atoms with E-state index in [1.54, 1.807) is 0 Å². The molecule has 1 aromatic carbocycles. The Morgan fingerprint density at radius 1 is 1.29 bits per heavy atom. The van der Waals surface area contributed by atoms with Crippen LogP contribution in [0, 0.1) is 5.92 Å². The van der Waals surface area contributed by atoms with E-state index < -0.39 is 0 Å². The molecule has 1 atom stereocenters. The predicted molar refractivity (Wildman–Crippen MR) is 89.0 cm³/mol. The lowest BCUT2D eigenvalue weighted by Crippen LogP contribution is -2.48. The molecular weight excluding hydrogens is 282 g/mol. The Hall–Kier alpha value is -1.00. The van der Waals surface area contributed by atoms with E-state index in [4.69, 9.17) is 4.74 Å². The van der Waals surface area contributed by atoms with Gasteiger partial charge in [0.2, 0.25) is 0 Å². The van der Waals surface area contributed by atoms with Crippen LogP contribution in [0.5, 0.6) is 5.75 Å². The van der Waals surface area contributed by atoms with Crippen LogP contribution in [-0.4, -0.2) is 23.3 Å². The summed E-state index contributed by atoms with van der Waals surface area (Å²) in [4.78, 5) is 11.7. The summed E-state index contributed by atoms with van der Waals surface area (Å²) in [6, 6.07) is 8.42. The summed E-state index contributed by atoms with van der Waals surface area (Å²) in [6.45, 7) is 5.91. The molecule has 4 heteroatoms. The number of carbonyl (C=O) groups is 1. The molecule has 1 saturated carbocycles. The van der Waals surface area contributed by atoms with Gasteiger partial charge < -0.3 is 10.1 Å². The van der Waals surface area contributed by atoms with E-state index in [0.717, 1.165) is 24.2 Å². The van der Waals surface area contributed by atoms with Gasteiger partial charge in [0.25, 0.3) is 0 Å². The van der Waals surface area contributed by atoms with E-state index in [-0.39, 0.29) is 23.2 Å². The fourth-order valence-corrected chi connectivity index (χ4v) is 2.63. The van der Waals surface area contributed by atoms with E-state index in [0.29, 0.717) is 12.5 Å². The maximum atomic E-state index is 11.7. The molecule has 1 aromatic rings. The van der Waals surface area contributed by atoms with Crippen LogP contribution >= 0.6 is 12.6 Å². The van der Waals surface area contributed by atoms with Crippen LogP contribution in [0.3, 0.4) is 0 Å². The lowest BCUT2D eigenvalue weighted by atomic mass is 9.89. The minimum Gasteiger partial charge on any atom is -0.490 e. The van der Waals surface area contributed by atoms with Gasteiger partial charge in [-0.3, -0.25) is 4.79 Å². The minimum atomic E-state index is 0.0922. The molecule has 1 unspecified atom stereocenters. The maximum Gasteiger partial charge on any atom is 0.139 e. The second-order valence-electron chi connectivity index (χ2n) is 6.19. The highest BCUT2D eigenvalue weighted by molar-refractivity contribution is 7.80. The van der Waals surface area contributed by atoms with Gasteiger partial charge in [-0.05, 0) is 37.5 Å². The zero-order valence-electron chi connectivity index (χ0n) is 13.0. The number of thiol groups is 1. The van der Waals surface area contributed by atoms with Gasteiger partial charge in [0.1, 0.15) is 17.6 Å². The summed E-state index contributed by atoms with van der Waals surface area (Å²) in [5.41, 5.74) is 1.05. The van der Waals surface area contributed by atoms with E-state index in [1.807, 2.05) is 45.0 Å². The summed E-state index contributed by atoms with van der Waals surface area (Å²) in [5, 5.41) is 3.61. The first kappa shape index (κ1) is 16.4. The summed E-state index contributed by atoms with van der Waals surface area (Å²) in [5.74, 6) is 1.25. The summed E-state index contributed by atoms with van der Waals surface area (Å²) >= 11 is 4.33. The third-order valence-corrected chi connectivity index (χ3v) is 3.97. The predicted octanol–water partition coefficient (Wildman–Crippen LogP) is 3.23. The van der Waals surface area contributed by atoms with Gasteiger partial charge in [-0.1, -0.05) is 26.0 Å². The van der Waals surface area contributed by atoms with Crippen LogP contribution in [0.4, 0.5) is 0 Å². The number of Topliss-reactive ketones (excluding diaryl/α,β-unsaturated/α-hetero) is 1. The normalized spacial score (nSPS) is 22.7. The Morgan fingerprint density at radius 3 is 2.43 bits per heavy atom. The van der Waals surface area contributed by atoms with Crippen LogP contribution in [0.25, 0.3) is 0 Å². The quantitative estimate of drug-likeness (QED) is 0.600. The molecule has 1 aliphatic rings.